The number of imidazole rings is 1. The number of unbranched alkanes of at least 4 members (excludes halogenated alkanes) is 20. The van der Waals surface area contributed by atoms with Crippen LogP contribution in [0.1, 0.15) is 181 Å². The Hall–Kier alpha value is -2.48. The molecule has 1 aliphatic heterocycles. The second-order valence-corrected chi connectivity index (χ2v) is 25.4. The van der Waals surface area contributed by atoms with Gasteiger partial charge in [-0.05, 0) is 6.42 Å². The lowest BCUT2D eigenvalue weighted by atomic mass is 9.87. The fourth-order valence-corrected chi connectivity index (χ4v) is 12.0. The lowest BCUT2D eigenvalue weighted by Gasteiger charge is -2.30. The number of nitrogens with one attached hydrogen (secondary N) is 2. The molecule has 8 unspecified atom stereocenters. The number of nitrogen functional groups attached to an aromatic ring is 1. The summed E-state index contributed by atoms with van der Waals surface area (Å²) in [7, 11) is -16.4. The Morgan fingerprint density at radius 2 is 1.33 bits per heavy atom. The monoisotopic (exact) mass is 1160 g/mol. The van der Waals surface area contributed by atoms with Crippen molar-refractivity contribution in [2.24, 2.45) is 5.41 Å². The molecule has 0 radical (unpaired) electrons. The van der Waals surface area contributed by atoms with E-state index in [1.807, 2.05) is 0 Å². The number of aromatic nitrogens is 4. The number of phosphoric ester groups is 3. The Balaban J connectivity index is 1.22. The first-order chi connectivity index (χ1) is 35.9. The number of nitrogens with two attached hydrogens (primary N) is 1. The van der Waals surface area contributed by atoms with E-state index in [0.29, 0.717) is 6.42 Å². The predicted molar refractivity (Wildman–Crippen MR) is 285 cm³/mol. The van der Waals surface area contributed by atoms with Crippen LogP contribution in [-0.4, -0.2) is 134 Å². The molecular weight excluding hydrogens is 1080 g/mol. The first-order valence-corrected chi connectivity index (χ1v) is 32.2. The first kappa shape index (κ1) is 67.8. The van der Waals surface area contributed by atoms with E-state index < -0.39 is 90.7 Å². The number of hydrogen-bond acceptors (Lipinski definition) is 19. The molecular formula is C47H86N7O18P3S. The standard InChI is InChI=1S/C47H86N7O18P3S/c1-4-5-6-7-8-9-10-11-12-13-14-15-16-17-18-19-20-21-22-23-24-25-35(55)30-38(57)76-29-28-49-37(56)26-27-50-45(60)42(59)47(2,3)32-69-75(66,67)72-74(64,65)68-31-36-41(71-73(61,62)63)40(58)46(70-36)54-34-53-39-43(48)51-33-52-44(39)54/h33-36,40-42,46,55,58-59H,4-32H2,1-3H3,(H,49,56)(H,50,60)(H,64,65)(H,66,67)(H2,48,51,52)(H2,61,62,63). The van der Waals surface area contributed by atoms with Crippen molar-refractivity contribution in [1.29, 1.82) is 0 Å². The molecule has 2 aromatic rings. The number of hydrogen-bond donors (Lipinski definition) is 10. The summed E-state index contributed by atoms with van der Waals surface area (Å²) in [4.78, 5) is 88.7. The quantitative estimate of drug-likeness (QED) is 0.0235. The van der Waals surface area contributed by atoms with Crippen LogP contribution in [-0.2, 0) is 50.7 Å². The number of carbonyl (C=O) groups excluding carboxylic acids is 3. The van der Waals surface area contributed by atoms with Crippen LogP contribution < -0.4 is 16.4 Å². The van der Waals surface area contributed by atoms with E-state index in [1.54, 1.807) is 0 Å². The van der Waals surface area contributed by atoms with Gasteiger partial charge in [0, 0.05) is 37.1 Å². The number of aliphatic hydroxyl groups is 3. The topological polar surface area (TPSA) is 384 Å². The lowest BCUT2D eigenvalue weighted by Crippen LogP contribution is -2.46. The SMILES string of the molecule is CCCCCCCCCCCCCCCCCCCCCCCC(O)CC(=O)SCCNC(=O)CCNC(=O)C(O)C(C)(C)COP(=O)(O)OP(=O)(O)OCC1OC(n2cnc3c(N)ncnc32)C(O)C1OP(=O)(O)O. The van der Waals surface area contributed by atoms with Crippen molar-refractivity contribution in [2.75, 3.05) is 37.8 Å². The third-order valence-electron chi connectivity index (χ3n) is 12.8. The van der Waals surface area contributed by atoms with E-state index in [4.69, 9.17) is 19.5 Å². The van der Waals surface area contributed by atoms with E-state index in [-0.39, 0.29) is 53.8 Å². The zero-order valence-corrected chi connectivity index (χ0v) is 47.9. The molecule has 8 atom stereocenters. The Morgan fingerprint density at radius 1 is 0.789 bits per heavy atom. The molecule has 76 heavy (non-hydrogen) atoms. The summed E-state index contributed by atoms with van der Waals surface area (Å²) >= 11 is 1.01. The number of rotatable bonds is 43. The van der Waals surface area contributed by atoms with Crippen molar-refractivity contribution < 1.29 is 85.6 Å². The second-order valence-electron chi connectivity index (χ2n) is 20.0. The number of carbonyl (C=O) groups is 3. The van der Waals surface area contributed by atoms with Gasteiger partial charge in [0.15, 0.2) is 22.8 Å². The molecule has 1 saturated heterocycles. The highest BCUT2D eigenvalue weighted by atomic mass is 32.2. The van der Waals surface area contributed by atoms with Crippen LogP contribution >= 0.6 is 35.2 Å². The minimum absolute atomic E-state index is 0.0275. The van der Waals surface area contributed by atoms with Crippen molar-refractivity contribution in [1.82, 2.24) is 30.2 Å². The molecule has 0 aromatic carbocycles. The summed E-state index contributed by atoms with van der Waals surface area (Å²) in [6, 6.07) is 0. The predicted octanol–water partition coefficient (Wildman–Crippen LogP) is 7.02. The van der Waals surface area contributed by atoms with Gasteiger partial charge in [-0.1, -0.05) is 167 Å². The molecule has 2 amide bonds. The minimum atomic E-state index is -5.59. The maximum atomic E-state index is 12.8. The van der Waals surface area contributed by atoms with Gasteiger partial charge in [-0.3, -0.25) is 32.5 Å². The highest BCUT2D eigenvalue weighted by Gasteiger charge is 2.50. The highest BCUT2D eigenvalue weighted by molar-refractivity contribution is 8.13. The molecule has 25 nitrogen and oxygen atoms in total. The highest BCUT2D eigenvalue weighted by Crippen LogP contribution is 2.61. The van der Waals surface area contributed by atoms with Gasteiger partial charge in [0.05, 0.1) is 25.6 Å². The summed E-state index contributed by atoms with van der Waals surface area (Å²) in [5, 5.41) is 36.8. The summed E-state index contributed by atoms with van der Waals surface area (Å²) in [6.07, 6.45) is 20.2. The van der Waals surface area contributed by atoms with Gasteiger partial charge in [0.1, 0.15) is 36.3 Å². The van der Waals surface area contributed by atoms with Crippen LogP contribution in [0.2, 0.25) is 0 Å². The number of amides is 2. The van der Waals surface area contributed by atoms with Gasteiger partial charge in [-0.25, -0.2) is 28.6 Å². The van der Waals surface area contributed by atoms with E-state index in [2.05, 4.69) is 41.3 Å². The number of aliphatic hydroxyl groups excluding tert-OH is 3. The van der Waals surface area contributed by atoms with Crippen molar-refractivity contribution in [2.45, 2.75) is 212 Å². The van der Waals surface area contributed by atoms with Gasteiger partial charge >= 0.3 is 23.5 Å². The molecule has 0 saturated carbocycles. The molecule has 438 valence electrons. The average molecular weight is 1160 g/mol. The molecule has 0 spiro atoms. The molecule has 3 heterocycles. The first-order valence-electron chi connectivity index (χ1n) is 26.7. The van der Waals surface area contributed by atoms with E-state index in [0.717, 1.165) is 48.2 Å². The van der Waals surface area contributed by atoms with Crippen molar-refractivity contribution in [3.63, 3.8) is 0 Å². The van der Waals surface area contributed by atoms with Crippen LogP contribution in [0.3, 0.4) is 0 Å². The van der Waals surface area contributed by atoms with Gasteiger partial charge in [0.25, 0.3) is 0 Å². The number of fused-ring (bicyclic) bond motifs is 1. The van der Waals surface area contributed by atoms with Crippen molar-refractivity contribution >= 4 is 69.1 Å². The number of ether oxygens (including phenoxy) is 1. The van der Waals surface area contributed by atoms with Crippen LogP contribution in [0.5, 0.6) is 0 Å². The van der Waals surface area contributed by atoms with Gasteiger partial charge < -0.3 is 56.0 Å². The van der Waals surface area contributed by atoms with Gasteiger partial charge in [-0.15, -0.1) is 0 Å². The third kappa shape index (κ3) is 27.1. The molecule has 0 aliphatic carbocycles. The summed E-state index contributed by atoms with van der Waals surface area (Å²) in [6.45, 7) is 2.68. The van der Waals surface area contributed by atoms with Crippen LogP contribution in [0.15, 0.2) is 12.7 Å². The molecule has 29 heteroatoms. The smallest absolute Gasteiger partial charge is 0.393 e. The lowest BCUT2D eigenvalue weighted by molar-refractivity contribution is -0.137. The van der Waals surface area contributed by atoms with Gasteiger partial charge in [-0.2, -0.15) is 4.31 Å². The number of phosphoric acid groups is 3. The summed E-state index contributed by atoms with van der Waals surface area (Å²) < 4.78 is 62.5. The number of nitrogens with zero attached hydrogens (tertiary/aromatic N) is 4. The maximum Gasteiger partial charge on any atom is 0.481 e. The second kappa shape index (κ2) is 35.3. The fraction of sp³-hybridized carbons (Fsp3) is 0.830. The molecule has 3 rings (SSSR count). The zero-order valence-electron chi connectivity index (χ0n) is 44.4. The van der Waals surface area contributed by atoms with Gasteiger partial charge in [0.2, 0.25) is 11.8 Å². The molecule has 1 fully saturated rings. The maximum absolute atomic E-state index is 12.8. The van der Waals surface area contributed by atoms with Crippen LogP contribution in [0.25, 0.3) is 11.2 Å². The van der Waals surface area contributed by atoms with E-state index in [9.17, 15) is 63.0 Å². The Bertz CT molecular complexity index is 2180. The largest absolute Gasteiger partial charge is 0.481 e. The van der Waals surface area contributed by atoms with Crippen LogP contribution in [0.4, 0.5) is 5.82 Å². The zero-order chi connectivity index (χ0) is 56.2. The Morgan fingerprint density at radius 3 is 1.88 bits per heavy atom. The molecule has 1 aliphatic rings. The Kier molecular flexibility index (Phi) is 31.5. The van der Waals surface area contributed by atoms with Crippen molar-refractivity contribution in [3.8, 4) is 0 Å². The molecule has 2 aromatic heterocycles. The normalized spacial score (nSPS) is 19.6. The fourth-order valence-electron chi connectivity index (χ4n) is 8.46. The third-order valence-corrected chi connectivity index (χ3v) is 16.8. The molecule has 0 bridgehead atoms. The summed E-state index contributed by atoms with van der Waals surface area (Å²) in [5.41, 5.74) is 4.27. The Labute approximate surface area is 450 Å². The van der Waals surface area contributed by atoms with E-state index >= 15 is 0 Å². The molecule has 11 N–H and O–H groups in total. The number of anilines is 1. The summed E-state index contributed by atoms with van der Waals surface area (Å²) in [5.74, 6) is -1.21. The van der Waals surface area contributed by atoms with Crippen LogP contribution in [0, 0.1) is 5.41 Å². The van der Waals surface area contributed by atoms with E-state index in [1.165, 1.54) is 129 Å². The van der Waals surface area contributed by atoms with Crippen molar-refractivity contribution in [3.05, 3.63) is 12.7 Å². The minimum Gasteiger partial charge on any atom is -0.393 e. The average Bonchev–Trinajstić information content (AvgIpc) is 3.91. The number of thioether (sulfide) groups is 1.